The molecule has 1 aliphatic heterocycles. The topological polar surface area (TPSA) is 92.3 Å². The predicted molar refractivity (Wildman–Crippen MR) is 124 cm³/mol. The Morgan fingerprint density at radius 3 is 2.53 bits per heavy atom. The van der Waals surface area contributed by atoms with Crippen LogP contribution in [0.4, 0.5) is 10.8 Å². The molecule has 0 saturated carbocycles. The molecule has 0 spiro atoms. The number of anilines is 2. The summed E-state index contributed by atoms with van der Waals surface area (Å²) in [5.74, 6) is -0.359. The zero-order chi connectivity index (χ0) is 22.1. The molecular weight excluding hydrogens is 444 g/mol. The van der Waals surface area contributed by atoms with Gasteiger partial charge in [-0.1, -0.05) is 24.3 Å². The molecule has 0 aliphatic carbocycles. The van der Waals surface area contributed by atoms with Gasteiger partial charge in [-0.3, -0.25) is 19.4 Å². The van der Waals surface area contributed by atoms with Crippen LogP contribution in [0.2, 0.25) is 0 Å². The summed E-state index contributed by atoms with van der Waals surface area (Å²) in [5.41, 5.74) is 3.48. The van der Waals surface area contributed by atoms with Crippen LogP contribution in [0.1, 0.15) is 15.9 Å². The summed E-state index contributed by atoms with van der Waals surface area (Å²) < 4.78 is 27.7. The number of pyridine rings is 1. The smallest absolute Gasteiger partial charge is 0.264 e. The number of benzene rings is 2. The number of fused-ring (bicyclic) bond motifs is 1. The van der Waals surface area contributed by atoms with Crippen molar-refractivity contribution >= 4 is 38.1 Å². The third kappa shape index (κ3) is 3.76. The number of nitrogens with zero attached hydrogens (tertiary/aromatic N) is 3. The summed E-state index contributed by atoms with van der Waals surface area (Å²) in [4.78, 5) is 21.4. The van der Waals surface area contributed by atoms with Crippen molar-refractivity contribution in [3.8, 4) is 11.4 Å². The molecule has 160 valence electrons. The fourth-order valence-corrected chi connectivity index (χ4v) is 5.80. The van der Waals surface area contributed by atoms with E-state index in [0.717, 1.165) is 11.3 Å². The molecule has 7 nitrogen and oxygen atoms in total. The first-order valence-corrected chi connectivity index (χ1v) is 12.2. The van der Waals surface area contributed by atoms with Crippen molar-refractivity contribution in [2.75, 3.05) is 16.2 Å². The number of hydrogen-bond donors (Lipinski definition) is 1. The molecule has 1 aliphatic rings. The van der Waals surface area contributed by atoms with Crippen molar-refractivity contribution in [1.29, 1.82) is 0 Å². The number of thiazole rings is 1. The zero-order valence-corrected chi connectivity index (χ0v) is 18.4. The Kier molecular flexibility index (Phi) is 5.20. The van der Waals surface area contributed by atoms with Gasteiger partial charge in [-0.05, 0) is 54.4 Å². The molecule has 3 heterocycles. The largest absolute Gasteiger partial charge is 0.298 e. The van der Waals surface area contributed by atoms with E-state index in [-0.39, 0.29) is 10.8 Å². The van der Waals surface area contributed by atoms with Crippen molar-refractivity contribution in [3.63, 3.8) is 0 Å². The summed E-state index contributed by atoms with van der Waals surface area (Å²) in [7, 11) is -3.70. The first-order chi connectivity index (χ1) is 15.5. The van der Waals surface area contributed by atoms with Crippen LogP contribution in [0.25, 0.3) is 11.4 Å². The number of amides is 1. The fraction of sp³-hybridized carbons (Fsp3) is 0.0870. The molecule has 32 heavy (non-hydrogen) atoms. The second-order valence-corrected chi connectivity index (χ2v) is 9.91. The second-order valence-electron chi connectivity index (χ2n) is 7.19. The van der Waals surface area contributed by atoms with Crippen molar-refractivity contribution in [1.82, 2.24) is 9.97 Å². The maximum absolute atomic E-state index is 13.1. The van der Waals surface area contributed by atoms with Crippen molar-refractivity contribution in [2.24, 2.45) is 0 Å². The van der Waals surface area contributed by atoms with Gasteiger partial charge < -0.3 is 0 Å². The monoisotopic (exact) mass is 462 g/mol. The lowest BCUT2D eigenvalue weighted by molar-refractivity contribution is 0.102. The molecule has 0 unspecified atom stereocenters. The Labute approximate surface area is 189 Å². The molecule has 0 saturated heterocycles. The number of nitrogens with one attached hydrogen (secondary N) is 1. The quantitative estimate of drug-likeness (QED) is 0.480. The molecule has 2 aromatic heterocycles. The highest BCUT2D eigenvalue weighted by Gasteiger charge is 2.30. The van der Waals surface area contributed by atoms with E-state index in [1.807, 2.05) is 47.8 Å². The molecule has 0 atom stereocenters. The second kappa shape index (κ2) is 8.18. The molecule has 0 fully saturated rings. The lowest BCUT2D eigenvalue weighted by atomic mass is 10.2. The van der Waals surface area contributed by atoms with Crippen molar-refractivity contribution in [3.05, 3.63) is 89.4 Å². The maximum atomic E-state index is 13.1. The first kappa shape index (κ1) is 20.3. The molecular formula is C23H18N4O3S2. The number of carbonyl (C=O) groups excluding carboxylic acids is 1. The number of rotatable bonds is 5. The van der Waals surface area contributed by atoms with Gasteiger partial charge in [0.1, 0.15) is 5.69 Å². The molecule has 5 rings (SSSR count). The Morgan fingerprint density at radius 1 is 0.969 bits per heavy atom. The molecule has 0 radical (unpaired) electrons. The number of aromatic nitrogens is 2. The van der Waals surface area contributed by atoms with Gasteiger partial charge in [-0.15, -0.1) is 11.3 Å². The summed E-state index contributed by atoms with van der Waals surface area (Å²) >= 11 is 1.30. The molecule has 4 aromatic rings. The van der Waals surface area contributed by atoms with Crippen LogP contribution in [0.15, 0.2) is 83.2 Å². The SMILES string of the molecule is O=C(Nc1nc(-c2ccccn2)cs1)c1ccc(S(=O)(=O)N2CCc3ccccc32)cc1. The van der Waals surface area contributed by atoms with Crippen LogP contribution in [0, 0.1) is 0 Å². The first-order valence-electron chi connectivity index (χ1n) is 9.91. The van der Waals surface area contributed by atoms with E-state index >= 15 is 0 Å². The van der Waals surface area contributed by atoms with Crippen LogP contribution in [0.5, 0.6) is 0 Å². The van der Waals surface area contributed by atoms with E-state index in [4.69, 9.17) is 0 Å². The van der Waals surface area contributed by atoms with E-state index in [0.29, 0.717) is 35.0 Å². The van der Waals surface area contributed by atoms with E-state index in [1.165, 1.54) is 39.9 Å². The number of hydrogen-bond acceptors (Lipinski definition) is 6. The molecule has 0 bridgehead atoms. The van der Waals surface area contributed by atoms with E-state index in [1.54, 1.807) is 6.20 Å². The van der Waals surface area contributed by atoms with Gasteiger partial charge in [0.2, 0.25) is 0 Å². The standard InChI is InChI=1S/C23H18N4O3S2/c28-22(26-23-25-20(15-31-23)19-6-3-4-13-24-19)17-8-10-18(11-9-17)32(29,30)27-14-12-16-5-1-2-7-21(16)27/h1-11,13,15H,12,14H2,(H,25,26,28). The molecule has 1 N–H and O–H groups in total. The average molecular weight is 463 g/mol. The summed E-state index contributed by atoms with van der Waals surface area (Å²) in [6, 6.07) is 19.0. The summed E-state index contributed by atoms with van der Waals surface area (Å²) in [5, 5.41) is 5.02. The third-order valence-corrected chi connectivity index (χ3v) is 7.79. The highest BCUT2D eigenvalue weighted by molar-refractivity contribution is 7.92. The van der Waals surface area contributed by atoms with Crippen LogP contribution < -0.4 is 9.62 Å². The number of carbonyl (C=O) groups is 1. The van der Waals surface area contributed by atoms with Crippen LogP contribution in [-0.4, -0.2) is 30.8 Å². The third-order valence-electron chi connectivity index (χ3n) is 5.20. The Bertz CT molecular complexity index is 1380. The van der Waals surface area contributed by atoms with Gasteiger partial charge >= 0.3 is 0 Å². The minimum atomic E-state index is -3.70. The average Bonchev–Trinajstić information content (AvgIpc) is 3.47. The highest BCUT2D eigenvalue weighted by atomic mass is 32.2. The summed E-state index contributed by atoms with van der Waals surface area (Å²) in [6.07, 6.45) is 2.37. The molecule has 9 heteroatoms. The number of para-hydroxylation sites is 1. The van der Waals surface area contributed by atoms with Crippen LogP contribution in [0.3, 0.4) is 0 Å². The normalized spacial score (nSPS) is 13.1. The van der Waals surface area contributed by atoms with Crippen molar-refractivity contribution in [2.45, 2.75) is 11.3 Å². The van der Waals surface area contributed by atoms with Crippen LogP contribution in [-0.2, 0) is 16.4 Å². The minimum Gasteiger partial charge on any atom is -0.298 e. The fourth-order valence-electron chi connectivity index (χ4n) is 3.60. The lowest BCUT2D eigenvalue weighted by Gasteiger charge is -2.19. The highest BCUT2D eigenvalue weighted by Crippen LogP contribution is 2.32. The summed E-state index contributed by atoms with van der Waals surface area (Å²) in [6.45, 7) is 0.409. The van der Waals surface area contributed by atoms with Gasteiger partial charge in [0.15, 0.2) is 5.13 Å². The van der Waals surface area contributed by atoms with Crippen molar-refractivity contribution < 1.29 is 13.2 Å². The van der Waals surface area contributed by atoms with Gasteiger partial charge in [0, 0.05) is 23.7 Å². The van der Waals surface area contributed by atoms with E-state index < -0.39 is 10.0 Å². The van der Waals surface area contributed by atoms with E-state index in [9.17, 15) is 13.2 Å². The maximum Gasteiger partial charge on any atom is 0.264 e. The Hall–Kier alpha value is -3.56. The number of sulfonamides is 1. The molecule has 1 amide bonds. The zero-order valence-electron chi connectivity index (χ0n) is 16.8. The lowest BCUT2D eigenvalue weighted by Crippen LogP contribution is -2.29. The minimum absolute atomic E-state index is 0.150. The van der Waals surface area contributed by atoms with Gasteiger partial charge in [-0.25, -0.2) is 13.4 Å². The van der Waals surface area contributed by atoms with Crippen LogP contribution >= 0.6 is 11.3 Å². The van der Waals surface area contributed by atoms with Gasteiger partial charge in [0.05, 0.1) is 16.3 Å². The van der Waals surface area contributed by atoms with Gasteiger partial charge in [-0.2, -0.15) is 0 Å². The molecule has 2 aromatic carbocycles. The Morgan fingerprint density at radius 2 is 1.75 bits per heavy atom. The Balaban J connectivity index is 1.32. The van der Waals surface area contributed by atoms with Gasteiger partial charge in [0.25, 0.3) is 15.9 Å². The predicted octanol–water partition coefficient (Wildman–Crippen LogP) is 4.21. The van der Waals surface area contributed by atoms with E-state index in [2.05, 4.69) is 15.3 Å².